The molecule has 7 nitrogen and oxygen atoms in total. The van der Waals surface area contributed by atoms with E-state index in [9.17, 15) is 18.9 Å². The first-order valence-electron chi connectivity index (χ1n) is 4.07. The number of nitrogens with zero attached hydrogens (tertiary/aromatic N) is 2. The van der Waals surface area contributed by atoms with Gasteiger partial charge in [0.25, 0.3) is 12.1 Å². The molecule has 9 heteroatoms. The van der Waals surface area contributed by atoms with Crippen molar-refractivity contribution in [3.05, 3.63) is 22.2 Å². The molecule has 3 N–H and O–H groups in total. The summed E-state index contributed by atoms with van der Waals surface area (Å²) in [6.07, 6.45) is -2.68. The van der Waals surface area contributed by atoms with E-state index in [1.807, 2.05) is 0 Å². The highest BCUT2D eigenvalue weighted by Crippen LogP contribution is 2.21. The van der Waals surface area contributed by atoms with E-state index in [0.717, 1.165) is 12.1 Å². The van der Waals surface area contributed by atoms with Crippen molar-refractivity contribution in [1.29, 1.82) is 0 Å². The zero-order valence-corrected chi connectivity index (χ0v) is 7.89. The van der Waals surface area contributed by atoms with Gasteiger partial charge in [-0.15, -0.1) is 0 Å². The molecule has 0 atom stereocenters. The third kappa shape index (κ3) is 3.28. The molecule has 0 fully saturated rings. The summed E-state index contributed by atoms with van der Waals surface area (Å²) in [6.45, 7) is -0.891. The first kappa shape index (κ1) is 12.0. The molecule has 0 aliphatic rings. The Morgan fingerprint density at radius 1 is 1.62 bits per heavy atom. The fraction of sp³-hybridized carbons (Fsp3) is 0.286. The summed E-state index contributed by atoms with van der Waals surface area (Å²) < 4.78 is 28.2. The quantitative estimate of drug-likeness (QED) is 0.446. The van der Waals surface area contributed by atoms with E-state index in [0.29, 0.717) is 0 Å². The van der Waals surface area contributed by atoms with Crippen LogP contribution in [-0.2, 0) is 0 Å². The van der Waals surface area contributed by atoms with E-state index in [1.54, 1.807) is 0 Å². The first-order valence-corrected chi connectivity index (χ1v) is 4.07. The van der Waals surface area contributed by atoms with Gasteiger partial charge in [0.05, 0.1) is 17.1 Å². The van der Waals surface area contributed by atoms with Gasteiger partial charge in [-0.3, -0.25) is 10.1 Å². The molecule has 1 rings (SSSR count). The average molecular weight is 234 g/mol. The van der Waals surface area contributed by atoms with Crippen LogP contribution in [0.3, 0.4) is 0 Å². The first-order chi connectivity index (χ1) is 7.52. The standard InChI is InChI=1S/C7H8F2N4O3/c8-5(9)3-16-7-2-4(13(14)15)1-6(11-7)12-10/h1-2,5H,3,10H2,(H,11,12). The molecule has 16 heavy (non-hydrogen) atoms. The Morgan fingerprint density at radius 3 is 2.81 bits per heavy atom. The largest absolute Gasteiger partial charge is 0.471 e. The Morgan fingerprint density at radius 2 is 2.31 bits per heavy atom. The number of nitro groups is 1. The van der Waals surface area contributed by atoms with E-state index < -0.39 is 18.0 Å². The second-order valence-corrected chi connectivity index (χ2v) is 2.65. The van der Waals surface area contributed by atoms with E-state index in [-0.39, 0.29) is 17.4 Å². The normalized spacial score (nSPS) is 10.2. The number of anilines is 1. The molecule has 0 bridgehead atoms. The lowest BCUT2D eigenvalue weighted by Gasteiger charge is -2.06. The van der Waals surface area contributed by atoms with E-state index in [4.69, 9.17) is 5.84 Å². The summed E-state index contributed by atoms with van der Waals surface area (Å²) in [4.78, 5) is 13.4. The fourth-order valence-electron chi connectivity index (χ4n) is 0.893. The predicted molar refractivity (Wildman–Crippen MR) is 50.2 cm³/mol. The van der Waals surface area contributed by atoms with Gasteiger partial charge in [0.1, 0.15) is 0 Å². The van der Waals surface area contributed by atoms with Crippen molar-refractivity contribution >= 4 is 11.5 Å². The van der Waals surface area contributed by atoms with Crippen molar-refractivity contribution in [2.45, 2.75) is 6.43 Å². The molecule has 1 aromatic heterocycles. The molecule has 0 aromatic carbocycles. The summed E-state index contributed by atoms with van der Waals surface area (Å²) in [6, 6.07) is 1.98. The number of nitrogens with two attached hydrogens (primary N) is 1. The van der Waals surface area contributed by atoms with Crippen LogP contribution in [0.4, 0.5) is 20.3 Å². The van der Waals surface area contributed by atoms with Crippen LogP contribution >= 0.6 is 0 Å². The van der Waals surface area contributed by atoms with Crippen LogP contribution in [0.25, 0.3) is 0 Å². The number of halogens is 2. The van der Waals surface area contributed by atoms with Gasteiger partial charge in [-0.1, -0.05) is 0 Å². The number of alkyl halides is 2. The second kappa shape index (κ2) is 5.16. The zero-order valence-electron chi connectivity index (χ0n) is 7.89. The van der Waals surface area contributed by atoms with Crippen LogP contribution in [0.15, 0.2) is 12.1 Å². The molecule has 0 saturated heterocycles. The van der Waals surface area contributed by atoms with Crippen LogP contribution in [0, 0.1) is 10.1 Å². The van der Waals surface area contributed by atoms with E-state index in [2.05, 4.69) is 15.1 Å². The lowest BCUT2D eigenvalue weighted by Crippen LogP contribution is -2.12. The predicted octanol–water partition coefficient (Wildman–Crippen LogP) is 0.919. The number of nitrogens with one attached hydrogen (secondary N) is 1. The maximum Gasteiger partial charge on any atom is 0.278 e. The minimum absolute atomic E-state index is 0.0431. The molecular formula is C7H8F2N4O3. The van der Waals surface area contributed by atoms with Gasteiger partial charge in [-0.25, -0.2) is 14.6 Å². The van der Waals surface area contributed by atoms with Gasteiger partial charge in [0, 0.05) is 0 Å². The van der Waals surface area contributed by atoms with Gasteiger partial charge in [0.15, 0.2) is 12.4 Å². The molecule has 0 aliphatic carbocycles. The third-order valence-corrected chi connectivity index (χ3v) is 1.50. The van der Waals surface area contributed by atoms with E-state index in [1.165, 1.54) is 0 Å². The average Bonchev–Trinajstić information content (AvgIpc) is 2.25. The maximum atomic E-state index is 11.8. The topological polar surface area (TPSA) is 103 Å². The van der Waals surface area contributed by atoms with Crippen molar-refractivity contribution in [3.8, 4) is 5.88 Å². The van der Waals surface area contributed by atoms with Gasteiger partial charge >= 0.3 is 0 Å². The summed E-state index contributed by atoms with van der Waals surface area (Å²) >= 11 is 0. The van der Waals surface area contributed by atoms with Crippen LogP contribution < -0.4 is 16.0 Å². The molecule has 0 saturated carbocycles. The molecule has 88 valence electrons. The SMILES string of the molecule is NNc1cc([N+](=O)[O-])cc(OCC(F)F)n1. The number of rotatable bonds is 5. The molecule has 1 aromatic rings. The molecular weight excluding hydrogens is 226 g/mol. The van der Waals surface area contributed by atoms with Gasteiger partial charge in [-0.2, -0.15) is 4.98 Å². The molecule has 1 heterocycles. The molecule has 0 spiro atoms. The Hall–Kier alpha value is -2.03. The molecule has 0 amide bonds. The second-order valence-electron chi connectivity index (χ2n) is 2.65. The lowest BCUT2D eigenvalue weighted by atomic mass is 10.4. The monoisotopic (exact) mass is 234 g/mol. The van der Waals surface area contributed by atoms with Crippen LogP contribution in [0.2, 0.25) is 0 Å². The summed E-state index contributed by atoms with van der Waals surface area (Å²) in [5.74, 6) is 4.67. The van der Waals surface area contributed by atoms with Gasteiger partial charge < -0.3 is 10.2 Å². The zero-order chi connectivity index (χ0) is 12.1. The van der Waals surface area contributed by atoms with Gasteiger partial charge in [-0.05, 0) is 0 Å². The molecule has 0 unspecified atom stereocenters. The van der Waals surface area contributed by atoms with Crippen molar-refractivity contribution in [2.75, 3.05) is 12.0 Å². The summed E-state index contributed by atoms with van der Waals surface area (Å²) in [5.41, 5.74) is 1.71. The Kier molecular flexibility index (Phi) is 3.89. The third-order valence-electron chi connectivity index (χ3n) is 1.50. The smallest absolute Gasteiger partial charge is 0.278 e. The minimum Gasteiger partial charge on any atom is -0.471 e. The maximum absolute atomic E-state index is 11.8. The van der Waals surface area contributed by atoms with Crippen molar-refractivity contribution in [1.82, 2.24) is 4.98 Å². The van der Waals surface area contributed by atoms with Crippen molar-refractivity contribution < 1.29 is 18.4 Å². The number of hydrazine groups is 1. The number of nitrogen functional groups attached to an aromatic ring is 1. The Labute approximate surface area is 88.3 Å². The van der Waals surface area contributed by atoms with Crippen molar-refractivity contribution in [3.63, 3.8) is 0 Å². The minimum atomic E-state index is -2.68. The summed E-state index contributed by atoms with van der Waals surface area (Å²) in [5, 5.41) is 10.5. The molecule has 0 radical (unpaired) electrons. The number of hydrogen-bond donors (Lipinski definition) is 2. The molecule has 0 aliphatic heterocycles. The number of pyridine rings is 1. The lowest BCUT2D eigenvalue weighted by molar-refractivity contribution is -0.384. The highest BCUT2D eigenvalue weighted by molar-refractivity contribution is 5.47. The van der Waals surface area contributed by atoms with Crippen LogP contribution in [0.5, 0.6) is 5.88 Å². The van der Waals surface area contributed by atoms with Crippen LogP contribution in [-0.4, -0.2) is 22.9 Å². The summed E-state index contributed by atoms with van der Waals surface area (Å²) in [7, 11) is 0. The number of aromatic nitrogens is 1. The highest BCUT2D eigenvalue weighted by Gasteiger charge is 2.13. The Bertz CT molecular complexity index is 388. The highest BCUT2D eigenvalue weighted by atomic mass is 19.3. The fourth-order valence-corrected chi connectivity index (χ4v) is 0.893. The van der Waals surface area contributed by atoms with Crippen molar-refractivity contribution in [2.24, 2.45) is 5.84 Å². The van der Waals surface area contributed by atoms with E-state index >= 15 is 0 Å². The van der Waals surface area contributed by atoms with Crippen LogP contribution in [0.1, 0.15) is 0 Å². The number of ether oxygens (including phenoxy) is 1. The van der Waals surface area contributed by atoms with Gasteiger partial charge in [0.2, 0.25) is 5.88 Å². The number of hydrogen-bond acceptors (Lipinski definition) is 6. The Balaban J connectivity index is 2.90.